The van der Waals surface area contributed by atoms with Crippen LogP contribution in [0.25, 0.3) is 0 Å². The molecule has 0 amide bonds. The zero-order valence-corrected chi connectivity index (χ0v) is 9.91. The third kappa shape index (κ3) is 2.71. The van der Waals surface area contributed by atoms with Gasteiger partial charge in [-0.25, -0.2) is 4.39 Å². The maximum atomic E-state index is 13.4. The summed E-state index contributed by atoms with van der Waals surface area (Å²) in [5, 5.41) is 4.30. The van der Waals surface area contributed by atoms with Crippen LogP contribution in [-0.2, 0) is 13.5 Å². The topological polar surface area (TPSA) is 34.9 Å². The largest absolute Gasteiger partial charge is 0.294 e. The van der Waals surface area contributed by atoms with Crippen LogP contribution in [0.4, 0.5) is 4.39 Å². The lowest BCUT2D eigenvalue weighted by Crippen LogP contribution is -2.05. The van der Waals surface area contributed by atoms with E-state index in [-0.39, 0.29) is 17.8 Å². The number of hydrogen-bond acceptors (Lipinski definition) is 2. The van der Waals surface area contributed by atoms with Crippen molar-refractivity contribution < 1.29 is 9.18 Å². The molecule has 0 aliphatic heterocycles. The number of nitrogens with zero attached hydrogens (tertiary/aromatic N) is 2. The van der Waals surface area contributed by atoms with Crippen LogP contribution in [0.1, 0.15) is 15.9 Å². The average molecular weight is 253 g/mol. The molecule has 1 aromatic heterocycles. The summed E-state index contributed by atoms with van der Waals surface area (Å²) in [5.41, 5.74) is 0.762. The molecule has 17 heavy (non-hydrogen) atoms. The van der Waals surface area contributed by atoms with Gasteiger partial charge in [-0.1, -0.05) is 11.6 Å². The standard InChI is InChI=1S/C12H10ClFN2O/c1-16-7-8(6-15-16)4-12(17)10-5-9(13)2-3-11(10)14/h2-3,5-7H,4H2,1H3. The van der Waals surface area contributed by atoms with Gasteiger partial charge in [-0.2, -0.15) is 5.10 Å². The smallest absolute Gasteiger partial charge is 0.170 e. The third-order valence-corrected chi connectivity index (χ3v) is 2.59. The lowest BCUT2D eigenvalue weighted by Gasteiger charge is -2.01. The molecular formula is C12H10ClFN2O. The molecule has 88 valence electrons. The van der Waals surface area contributed by atoms with E-state index in [4.69, 9.17) is 11.6 Å². The predicted molar refractivity (Wildman–Crippen MR) is 62.7 cm³/mol. The van der Waals surface area contributed by atoms with Gasteiger partial charge in [0.15, 0.2) is 5.78 Å². The molecule has 0 unspecified atom stereocenters. The molecule has 0 atom stereocenters. The molecule has 3 nitrogen and oxygen atoms in total. The van der Waals surface area contributed by atoms with Gasteiger partial charge in [0.25, 0.3) is 0 Å². The first kappa shape index (κ1) is 11.8. The lowest BCUT2D eigenvalue weighted by molar-refractivity contribution is 0.0989. The number of rotatable bonds is 3. The molecule has 2 aromatic rings. The van der Waals surface area contributed by atoms with E-state index in [2.05, 4.69) is 5.10 Å². The Kier molecular flexibility index (Phi) is 3.24. The molecule has 0 saturated carbocycles. The van der Waals surface area contributed by atoms with Crippen LogP contribution in [0.3, 0.4) is 0 Å². The first-order chi connectivity index (χ1) is 8.06. The van der Waals surface area contributed by atoms with E-state index < -0.39 is 5.82 Å². The van der Waals surface area contributed by atoms with Crippen LogP contribution in [-0.4, -0.2) is 15.6 Å². The SMILES string of the molecule is Cn1cc(CC(=O)c2cc(Cl)ccc2F)cn1. The molecule has 0 radical (unpaired) electrons. The predicted octanol–water partition coefficient (Wildman–Crippen LogP) is 2.64. The highest BCUT2D eigenvalue weighted by atomic mass is 35.5. The zero-order valence-electron chi connectivity index (χ0n) is 9.15. The number of aromatic nitrogens is 2. The number of benzene rings is 1. The van der Waals surface area contributed by atoms with Gasteiger partial charge in [-0.15, -0.1) is 0 Å². The van der Waals surface area contributed by atoms with Crippen LogP contribution in [0.2, 0.25) is 5.02 Å². The lowest BCUT2D eigenvalue weighted by atomic mass is 10.1. The van der Waals surface area contributed by atoms with Crippen molar-refractivity contribution in [3.05, 3.63) is 52.6 Å². The van der Waals surface area contributed by atoms with Crippen molar-refractivity contribution in [1.82, 2.24) is 9.78 Å². The van der Waals surface area contributed by atoms with E-state index in [1.165, 1.54) is 18.2 Å². The van der Waals surface area contributed by atoms with Crippen LogP contribution in [0, 0.1) is 5.82 Å². The quantitative estimate of drug-likeness (QED) is 0.787. The zero-order chi connectivity index (χ0) is 12.4. The molecule has 0 aliphatic carbocycles. The van der Waals surface area contributed by atoms with Gasteiger partial charge in [0, 0.05) is 24.7 Å². The summed E-state index contributed by atoms with van der Waals surface area (Å²) in [4.78, 5) is 11.9. The normalized spacial score (nSPS) is 10.5. The Morgan fingerprint density at radius 2 is 2.29 bits per heavy atom. The highest BCUT2D eigenvalue weighted by molar-refractivity contribution is 6.31. The summed E-state index contributed by atoms with van der Waals surface area (Å²) >= 11 is 5.73. The second-order valence-corrected chi connectivity index (χ2v) is 4.18. The highest BCUT2D eigenvalue weighted by Crippen LogP contribution is 2.17. The van der Waals surface area contributed by atoms with E-state index in [0.717, 1.165) is 5.56 Å². The van der Waals surface area contributed by atoms with Gasteiger partial charge in [0.1, 0.15) is 5.82 Å². The van der Waals surface area contributed by atoms with E-state index in [0.29, 0.717) is 5.02 Å². The fraction of sp³-hybridized carbons (Fsp3) is 0.167. The molecular weight excluding hydrogens is 243 g/mol. The summed E-state index contributed by atoms with van der Waals surface area (Å²) in [7, 11) is 1.76. The number of aryl methyl sites for hydroxylation is 1. The number of carbonyl (C=O) groups excluding carboxylic acids is 1. The van der Waals surface area contributed by atoms with E-state index in [1.54, 1.807) is 24.1 Å². The Morgan fingerprint density at radius 1 is 1.53 bits per heavy atom. The number of halogens is 2. The van der Waals surface area contributed by atoms with Gasteiger partial charge in [-0.05, 0) is 23.8 Å². The van der Waals surface area contributed by atoms with Gasteiger partial charge in [-0.3, -0.25) is 9.48 Å². The van der Waals surface area contributed by atoms with Gasteiger partial charge >= 0.3 is 0 Å². The van der Waals surface area contributed by atoms with Crippen molar-refractivity contribution in [2.45, 2.75) is 6.42 Å². The summed E-state index contributed by atoms with van der Waals surface area (Å²) in [6.07, 6.45) is 3.42. The van der Waals surface area contributed by atoms with Crippen molar-refractivity contribution in [3.63, 3.8) is 0 Å². The van der Waals surface area contributed by atoms with Crippen molar-refractivity contribution in [2.24, 2.45) is 7.05 Å². The maximum absolute atomic E-state index is 13.4. The molecule has 5 heteroatoms. The van der Waals surface area contributed by atoms with E-state index >= 15 is 0 Å². The third-order valence-electron chi connectivity index (χ3n) is 2.35. The Hall–Kier alpha value is -1.68. The Bertz CT molecular complexity index is 565. The van der Waals surface area contributed by atoms with Gasteiger partial charge < -0.3 is 0 Å². The molecule has 2 rings (SSSR count). The molecule has 0 spiro atoms. The maximum Gasteiger partial charge on any atom is 0.170 e. The second kappa shape index (κ2) is 4.67. The van der Waals surface area contributed by atoms with Crippen molar-refractivity contribution >= 4 is 17.4 Å². The molecule has 0 aliphatic rings. The molecule has 0 fully saturated rings. The molecule has 1 heterocycles. The first-order valence-electron chi connectivity index (χ1n) is 5.02. The summed E-state index contributed by atoms with van der Waals surface area (Å²) < 4.78 is 15.0. The number of carbonyl (C=O) groups is 1. The minimum atomic E-state index is -0.553. The van der Waals surface area contributed by atoms with Gasteiger partial charge in [0.05, 0.1) is 11.8 Å². The fourth-order valence-electron chi connectivity index (χ4n) is 1.55. The van der Waals surface area contributed by atoms with Crippen molar-refractivity contribution in [3.8, 4) is 0 Å². The van der Waals surface area contributed by atoms with E-state index in [9.17, 15) is 9.18 Å². The van der Waals surface area contributed by atoms with Crippen LogP contribution >= 0.6 is 11.6 Å². The molecule has 1 aromatic carbocycles. The number of ketones is 1. The van der Waals surface area contributed by atoms with Crippen molar-refractivity contribution in [1.29, 1.82) is 0 Å². The Labute approximate surface area is 103 Å². The fourth-order valence-corrected chi connectivity index (χ4v) is 1.73. The summed E-state index contributed by atoms with van der Waals surface area (Å²) in [6, 6.07) is 3.95. The monoisotopic (exact) mass is 252 g/mol. The van der Waals surface area contributed by atoms with Crippen LogP contribution in [0.15, 0.2) is 30.6 Å². The Balaban J connectivity index is 2.22. The highest BCUT2D eigenvalue weighted by Gasteiger charge is 2.13. The van der Waals surface area contributed by atoms with Crippen LogP contribution < -0.4 is 0 Å². The van der Waals surface area contributed by atoms with Crippen LogP contribution in [0.5, 0.6) is 0 Å². The second-order valence-electron chi connectivity index (χ2n) is 3.75. The van der Waals surface area contributed by atoms with Crippen molar-refractivity contribution in [2.75, 3.05) is 0 Å². The molecule has 0 saturated heterocycles. The summed E-state index contributed by atoms with van der Waals surface area (Å²) in [5.74, 6) is -0.860. The van der Waals surface area contributed by atoms with E-state index in [1.807, 2.05) is 0 Å². The average Bonchev–Trinajstić information content (AvgIpc) is 2.67. The number of Topliss-reactive ketones (excluding diaryl/α,β-unsaturated/α-hetero) is 1. The minimum absolute atomic E-state index is 0.0151. The first-order valence-corrected chi connectivity index (χ1v) is 5.40. The molecule has 0 N–H and O–H groups in total. The Morgan fingerprint density at radius 3 is 2.94 bits per heavy atom. The van der Waals surface area contributed by atoms with Gasteiger partial charge in [0.2, 0.25) is 0 Å². The summed E-state index contributed by atoms with van der Waals surface area (Å²) in [6.45, 7) is 0. The molecule has 0 bridgehead atoms. The minimum Gasteiger partial charge on any atom is -0.294 e. The number of hydrogen-bond donors (Lipinski definition) is 0.